The van der Waals surface area contributed by atoms with Crippen molar-refractivity contribution in [3.05, 3.63) is 22.7 Å². The van der Waals surface area contributed by atoms with Crippen molar-refractivity contribution in [1.82, 2.24) is 0 Å². The molecule has 11 heavy (non-hydrogen) atoms. The third-order valence-electron chi connectivity index (χ3n) is 1.32. The molecule has 0 fully saturated rings. The number of benzene rings is 1. The average Bonchev–Trinajstić information content (AvgIpc) is 2.03. The molecule has 1 aromatic rings. The van der Waals surface area contributed by atoms with E-state index >= 15 is 0 Å². The molecule has 0 saturated carbocycles. The molecule has 0 unspecified atom stereocenters. The van der Waals surface area contributed by atoms with Crippen LogP contribution in [0.4, 0.5) is 0 Å². The van der Waals surface area contributed by atoms with Gasteiger partial charge in [-0.05, 0) is 30.7 Å². The zero-order valence-electron chi connectivity index (χ0n) is 6.43. The van der Waals surface area contributed by atoms with Crippen LogP contribution in [0.1, 0.15) is 0 Å². The van der Waals surface area contributed by atoms with E-state index in [1.165, 1.54) is 9.79 Å². The number of hydrogen-bond donors (Lipinski definition) is 0. The first-order valence-electron chi connectivity index (χ1n) is 3.15. The van der Waals surface area contributed by atoms with Gasteiger partial charge in [0.15, 0.2) is 0 Å². The molecule has 0 bridgehead atoms. The highest BCUT2D eigenvalue weighted by Crippen LogP contribution is 2.26. The number of thioether (sulfide) groups is 2. The van der Waals surface area contributed by atoms with Gasteiger partial charge in [-0.15, -0.1) is 23.5 Å². The third kappa shape index (κ3) is 2.73. The lowest BCUT2D eigenvalue weighted by Gasteiger charge is -2.00. The Hall–Kier alpha value is 0.400. The van der Waals surface area contributed by atoms with Gasteiger partial charge in [0.2, 0.25) is 0 Å². The van der Waals surface area contributed by atoms with Crippen LogP contribution in [-0.4, -0.2) is 12.5 Å². The molecule has 60 valence electrons. The number of hydrogen-bond acceptors (Lipinski definition) is 2. The maximum atomic E-state index is 3.47. The van der Waals surface area contributed by atoms with E-state index < -0.39 is 0 Å². The third-order valence-corrected chi connectivity index (χ3v) is 3.19. The van der Waals surface area contributed by atoms with Crippen molar-refractivity contribution in [3.63, 3.8) is 0 Å². The molecule has 0 nitrogen and oxygen atoms in total. The van der Waals surface area contributed by atoms with Crippen molar-refractivity contribution < 1.29 is 0 Å². The Morgan fingerprint density at radius 1 is 1.00 bits per heavy atom. The molecular weight excluding hydrogens is 240 g/mol. The van der Waals surface area contributed by atoms with Crippen molar-refractivity contribution >= 4 is 39.5 Å². The maximum absolute atomic E-state index is 3.47. The molecule has 0 spiro atoms. The molecule has 0 aromatic heterocycles. The monoisotopic (exact) mass is 248 g/mol. The van der Waals surface area contributed by atoms with Crippen molar-refractivity contribution in [2.75, 3.05) is 12.5 Å². The van der Waals surface area contributed by atoms with Crippen LogP contribution in [0.5, 0.6) is 0 Å². The molecule has 0 aliphatic carbocycles. The van der Waals surface area contributed by atoms with Gasteiger partial charge in [0.05, 0.1) is 0 Å². The van der Waals surface area contributed by atoms with E-state index in [-0.39, 0.29) is 0 Å². The lowest BCUT2D eigenvalue weighted by Crippen LogP contribution is -1.74. The first-order valence-corrected chi connectivity index (χ1v) is 6.39. The van der Waals surface area contributed by atoms with E-state index in [1.807, 2.05) is 0 Å². The zero-order valence-corrected chi connectivity index (χ0v) is 9.65. The molecule has 1 aromatic carbocycles. The highest BCUT2D eigenvalue weighted by Gasteiger charge is 1.96. The largest absolute Gasteiger partial charge is 0.130 e. The van der Waals surface area contributed by atoms with Crippen LogP contribution < -0.4 is 0 Å². The fourth-order valence-electron chi connectivity index (χ4n) is 0.773. The minimum absolute atomic E-state index is 1.16. The second-order valence-corrected chi connectivity index (χ2v) is 4.71. The van der Waals surface area contributed by atoms with E-state index in [0.717, 1.165) is 4.47 Å². The lowest BCUT2D eigenvalue weighted by atomic mass is 10.4. The molecule has 1 rings (SSSR count). The van der Waals surface area contributed by atoms with Crippen LogP contribution >= 0.6 is 39.5 Å². The van der Waals surface area contributed by atoms with E-state index in [0.29, 0.717) is 0 Å². The van der Waals surface area contributed by atoms with Gasteiger partial charge in [-0.25, -0.2) is 0 Å². The summed E-state index contributed by atoms with van der Waals surface area (Å²) >= 11 is 7.01. The first-order chi connectivity index (χ1) is 5.26. The van der Waals surface area contributed by atoms with Gasteiger partial charge in [0.1, 0.15) is 0 Å². The Morgan fingerprint density at radius 2 is 1.45 bits per heavy atom. The summed E-state index contributed by atoms with van der Waals surface area (Å²) in [6, 6.07) is 6.45. The van der Waals surface area contributed by atoms with Crippen molar-refractivity contribution in [3.8, 4) is 0 Å². The topological polar surface area (TPSA) is 0 Å². The zero-order chi connectivity index (χ0) is 8.27. The lowest BCUT2D eigenvalue weighted by molar-refractivity contribution is 1.31. The summed E-state index contributed by atoms with van der Waals surface area (Å²) in [6.45, 7) is 0. The fraction of sp³-hybridized carbons (Fsp3) is 0.250. The van der Waals surface area contributed by atoms with Crippen LogP contribution in [0.15, 0.2) is 32.5 Å². The Balaban J connectivity index is 3.02. The predicted octanol–water partition coefficient (Wildman–Crippen LogP) is 3.89. The Morgan fingerprint density at radius 3 is 1.82 bits per heavy atom. The Kier molecular flexibility index (Phi) is 3.82. The summed E-state index contributed by atoms with van der Waals surface area (Å²) in [6.07, 6.45) is 4.18. The minimum atomic E-state index is 1.16. The van der Waals surface area contributed by atoms with E-state index in [2.05, 4.69) is 46.6 Å². The average molecular weight is 249 g/mol. The van der Waals surface area contributed by atoms with Crippen LogP contribution in [0.25, 0.3) is 0 Å². The Bertz CT molecular complexity index is 226. The van der Waals surface area contributed by atoms with Gasteiger partial charge in [-0.1, -0.05) is 15.9 Å². The summed E-state index contributed by atoms with van der Waals surface area (Å²) in [7, 11) is 0. The second-order valence-electron chi connectivity index (χ2n) is 2.03. The molecule has 3 heteroatoms. The molecule has 0 N–H and O–H groups in total. The number of rotatable bonds is 2. The molecule has 0 aliphatic heterocycles. The van der Waals surface area contributed by atoms with Gasteiger partial charge in [-0.3, -0.25) is 0 Å². The molecule has 0 saturated heterocycles. The molecule has 0 atom stereocenters. The summed E-state index contributed by atoms with van der Waals surface area (Å²) in [4.78, 5) is 2.62. The molecule has 0 heterocycles. The fourth-order valence-corrected chi connectivity index (χ4v) is 2.62. The van der Waals surface area contributed by atoms with Gasteiger partial charge in [-0.2, -0.15) is 0 Å². The number of halogens is 1. The normalized spacial score (nSPS) is 10.1. The summed E-state index contributed by atoms with van der Waals surface area (Å²) < 4.78 is 1.16. The van der Waals surface area contributed by atoms with Crippen molar-refractivity contribution in [2.45, 2.75) is 9.79 Å². The summed E-state index contributed by atoms with van der Waals surface area (Å²) in [5, 5.41) is 0. The van der Waals surface area contributed by atoms with Crippen molar-refractivity contribution in [2.24, 2.45) is 0 Å². The van der Waals surface area contributed by atoms with Crippen LogP contribution in [0.3, 0.4) is 0 Å². The maximum Gasteiger partial charge on any atom is 0.0197 e. The highest BCUT2D eigenvalue weighted by molar-refractivity contribution is 9.10. The van der Waals surface area contributed by atoms with Crippen molar-refractivity contribution in [1.29, 1.82) is 0 Å². The predicted molar refractivity (Wildman–Crippen MR) is 57.7 cm³/mol. The standard InChI is InChI=1S/C8H9BrS2/c1-10-7-3-6(9)4-8(5-7)11-2/h3-5H,1-2H3. The van der Waals surface area contributed by atoms with Gasteiger partial charge < -0.3 is 0 Å². The Labute approximate surface area is 84.3 Å². The van der Waals surface area contributed by atoms with Crippen LogP contribution in [0, 0.1) is 0 Å². The van der Waals surface area contributed by atoms with Gasteiger partial charge >= 0.3 is 0 Å². The minimum Gasteiger partial charge on any atom is -0.130 e. The molecule has 0 amide bonds. The van der Waals surface area contributed by atoms with Crippen LogP contribution in [0.2, 0.25) is 0 Å². The summed E-state index contributed by atoms with van der Waals surface area (Å²) in [5.74, 6) is 0. The van der Waals surface area contributed by atoms with E-state index in [1.54, 1.807) is 23.5 Å². The SMILES string of the molecule is CSc1cc(Br)cc(SC)c1. The molecule has 0 radical (unpaired) electrons. The summed E-state index contributed by atoms with van der Waals surface area (Å²) in [5.41, 5.74) is 0. The first kappa shape index (κ1) is 9.49. The highest BCUT2D eigenvalue weighted by atomic mass is 79.9. The quantitative estimate of drug-likeness (QED) is 0.729. The van der Waals surface area contributed by atoms with Gasteiger partial charge in [0, 0.05) is 14.3 Å². The smallest absolute Gasteiger partial charge is 0.0197 e. The molecular formula is C8H9BrS2. The van der Waals surface area contributed by atoms with Crippen LogP contribution in [-0.2, 0) is 0 Å². The van der Waals surface area contributed by atoms with E-state index in [9.17, 15) is 0 Å². The van der Waals surface area contributed by atoms with E-state index in [4.69, 9.17) is 0 Å². The molecule has 0 aliphatic rings. The van der Waals surface area contributed by atoms with Gasteiger partial charge in [0.25, 0.3) is 0 Å². The second kappa shape index (κ2) is 4.43.